The summed E-state index contributed by atoms with van der Waals surface area (Å²) in [5.41, 5.74) is 14.2. The van der Waals surface area contributed by atoms with Crippen molar-refractivity contribution in [2.45, 2.75) is 18.6 Å². The van der Waals surface area contributed by atoms with Gasteiger partial charge in [0.25, 0.3) is 0 Å². The Bertz CT molecular complexity index is 483. The largest absolute Gasteiger partial charge is 0.491 e. The number of nitrogens with zero attached hydrogens (tertiary/aromatic N) is 3. The van der Waals surface area contributed by atoms with E-state index >= 15 is 0 Å². The fourth-order valence-electron chi connectivity index (χ4n) is 1.45. The van der Waals surface area contributed by atoms with Gasteiger partial charge >= 0.3 is 0 Å². The highest BCUT2D eigenvalue weighted by atomic mass is 16.5. The molecule has 1 aromatic rings. The van der Waals surface area contributed by atoms with Crippen LogP contribution in [0.25, 0.3) is 10.4 Å². The fraction of sp³-hybridized carbons (Fsp3) is 0.417. The van der Waals surface area contributed by atoms with Crippen LogP contribution in [-0.2, 0) is 11.2 Å². The molecule has 0 saturated heterocycles. The number of rotatable bonds is 8. The predicted octanol–water partition coefficient (Wildman–Crippen LogP) is 0.125. The van der Waals surface area contributed by atoms with Crippen LogP contribution in [0.3, 0.4) is 0 Å². The van der Waals surface area contributed by atoms with Crippen LogP contribution in [0.15, 0.2) is 29.4 Å². The highest BCUT2D eigenvalue weighted by Gasteiger charge is 2.13. The Labute approximate surface area is 115 Å². The summed E-state index contributed by atoms with van der Waals surface area (Å²) < 4.78 is 5.23. The third-order valence-electron chi connectivity index (χ3n) is 2.52. The lowest BCUT2D eigenvalue weighted by Crippen LogP contribution is -2.28. The first kappa shape index (κ1) is 15.8. The molecule has 2 atom stereocenters. The van der Waals surface area contributed by atoms with Crippen molar-refractivity contribution >= 4 is 5.91 Å². The predicted molar refractivity (Wildman–Crippen MR) is 70.9 cm³/mol. The number of amides is 1. The molecule has 108 valence electrons. The summed E-state index contributed by atoms with van der Waals surface area (Å²) in [5.74, 6) is -0.171. The van der Waals surface area contributed by atoms with Crippen molar-refractivity contribution in [3.63, 3.8) is 0 Å². The van der Waals surface area contributed by atoms with Gasteiger partial charge in [-0.15, -0.1) is 0 Å². The summed E-state index contributed by atoms with van der Waals surface area (Å²) in [6, 6.07) is 5.76. The Morgan fingerprint density at radius 3 is 2.60 bits per heavy atom. The van der Waals surface area contributed by atoms with Crippen molar-refractivity contribution in [1.29, 1.82) is 0 Å². The standard InChI is InChI=1S/C12H16N4O4/c13-12(19)11(15-16-14)5-8-1-3-10(4-2-8)20-7-9(18)6-17/h1-4,9,11,17-18H,5-7H2,(H2,13,19)/t9?,11-/m0/s1. The van der Waals surface area contributed by atoms with Crippen molar-refractivity contribution < 1.29 is 19.7 Å². The average Bonchev–Trinajstić information content (AvgIpc) is 2.45. The molecule has 0 aliphatic rings. The number of benzene rings is 1. The van der Waals surface area contributed by atoms with Gasteiger partial charge in [0, 0.05) is 4.91 Å². The van der Waals surface area contributed by atoms with E-state index < -0.39 is 18.1 Å². The maximum Gasteiger partial charge on any atom is 0.226 e. The minimum absolute atomic E-state index is 0.0154. The second-order valence-electron chi connectivity index (χ2n) is 4.12. The minimum Gasteiger partial charge on any atom is -0.491 e. The number of hydrogen-bond acceptors (Lipinski definition) is 5. The molecule has 0 aliphatic carbocycles. The van der Waals surface area contributed by atoms with E-state index in [1.54, 1.807) is 24.3 Å². The Morgan fingerprint density at radius 2 is 2.10 bits per heavy atom. The van der Waals surface area contributed by atoms with Gasteiger partial charge in [0.15, 0.2) is 0 Å². The number of primary amides is 1. The van der Waals surface area contributed by atoms with Gasteiger partial charge in [-0.1, -0.05) is 17.2 Å². The lowest BCUT2D eigenvalue weighted by Gasteiger charge is -2.11. The first-order valence-electron chi connectivity index (χ1n) is 5.91. The number of aliphatic hydroxyl groups is 2. The Balaban J connectivity index is 2.61. The molecule has 4 N–H and O–H groups in total. The van der Waals surface area contributed by atoms with Crippen LogP contribution in [0.5, 0.6) is 5.75 Å². The highest BCUT2D eigenvalue weighted by Crippen LogP contribution is 2.14. The molecule has 0 bridgehead atoms. The second kappa shape index (κ2) is 8.00. The van der Waals surface area contributed by atoms with E-state index in [0.29, 0.717) is 5.75 Å². The first-order chi connectivity index (χ1) is 9.56. The summed E-state index contributed by atoms with van der Waals surface area (Å²) in [5, 5.41) is 21.1. The van der Waals surface area contributed by atoms with Crippen LogP contribution in [-0.4, -0.2) is 41.5 Å². The van der Waals surface area contributed by atoms with Crippen LogP contribution < -0.4 is 10.5 Å². The molecule has 1 unspecified atom stereocenters. The van der Waals surface area contributed by atoms with Gasteiger partial charge in [-0.2, -0.15) is 0 Å². The molecule has 8 nitrogen and oxygen atoms in total. The van der Waals surface area contributed by atoms with Crippen molar-refractivity contribution in [1.82, 2.24) is 0 Å². The zero-order valence-electron chi connectivity index (χ0n) is 10.7. The molecule has 1 rings (SSSR count). The number of azide groups is 1. The Kier molecular flexibility index (Phi) is 6.31. The zero-order valence-corrected chi connectivity index (χ0v) is 10.7. The molecular formula is C12H16N4O4. The van der Waals surface area contributed by atoms with Gasteiger partial charge < -0.3 is 20.7 Å². The first-order valence-corrected chi connectivity index (χ1v) is 5.91. The summed E-state index contributed by atoms with van der Waals surface area (Å²) >= 11 is 0. The maximum atomic E-state index is 11.1. The molecule has 1 amide bonds. The summed E-state index contributed by atoms with van der Waals surface area (Å²) in [6.07, 6.45) is -0.724. The van der Waals surface area contributed by atoms with E-state index in [2.05, 4.69) is 10.0 Å². The fourth-order valence-corrected chi connectivity index (χ4v) is 1.45. The number of aliphatic hydroxyl groups excluding tert-OH is 2. The van der Waals surface area contributed by atoms with Crippen molar-refractivity contribution in [3.8, 4) is 5.75 Å². The number of nitrogens with two attached hydrogens (primary N) is 1. The molecule has 0 fully saturated rings. The van der Waals surface area contributed by atoms with Crippen LogP contribution in [0, 0.1) is 0 Å². The average molecular weight is 280 g/mol. The van der Waals surface area contributed by atoms with Gasteiger partial charge in [0.2, 0.25) is 5.91 Å². The van der Waals surface area contributed by atoms with Crippen molar-refractivity contribution in [2.75, 3.05) is 13.2 Å². The summed E-state index contributed by atoms with van der Waals surface area (Å²) in [6.45, 7) is -0.386. The lowest BCUT2D eigenvalue weighted by molar-refractivity contribution is -0.119. The van der Waals surface area contributed by atoms with E-state index in [9.17, 15) is 4.79 Å². The van der Waals surface area contributed by atoms with Crippen LogP contribution in [0.2, 0.25) is 0 Å². The van der Waals surface area contributed by atoms with Gasteiger partial charge in [0.1, 0.15) is 24.5 Å². The van der Waals surface area contributed by atoms with E-state index in [4.69, 9.17) is 26.2 Å². The third kappa shape index (κ3) is 5.15. The quantitative estimate of drug-likeness (QED) is 0.353. The molecule has 8 heteroatoms. The number of ether oxygens (including phenoxy) is 1. The SMILES string of the molecule is [N-]=[N+]=N[C@@H](Cc1ccc(OCC(O)CO)cc1)C(N)=O. The summed E-state index contributed by atoms with van der Waals surface area (Å²) in [4.78, 5) is 13.6. The molecule has 0 saturated carbocycles. The Morgan fingerprint density at radius 1 is 1.45 bits per heavy atom. The van der Waals surface area contributed by atoms with E-state index in [-0.39, 0.29) is 19.6 Å². The molecule has 0 radical (unpaired) electrons. The molecule has 0 aromatic heterocycles. The van der Waals surface area contributed by atoms with E-state index in [1.165, 1.54) is 0 Å². The minimum atomic E-state index is -0.932. The molecular weight excluding hydrogens is 264 g/mol. The molecule has 1 aromatic carbocycles. The van der Waals surface area contributed by atoms with E-state index in [1.807, 2.05) is 0 Å². The highest BCUT2D eigenvalue weighted by molar-refractivity contribution is 5.80. The normalized spacial score (nSPS) is 13.1. The lowest BCUT2D eigenvalue weighted by atomic mass is 10.1. The van der Waals surface area contributed by atoms with Crippen LogP contribution in [0.4, 0.5) is 0 Å². The molecule has 0 spiro atoms. The smallest absolute Gasteiger partial charge is 0.226 e. The third-order valence-corrected chi connectivity index (χ3v) is 2.52. The van der Waals surface area contributed by atoms with Crippen LogP contribution >= 0.6 is 0 Å². The monoisotopic (exact) mass is 280 g/mol. The Hall–Kier alpha value is -2.28. The number of hydrogen-bond donors (Lipinski definition) is 3. The van der Waals surface area contributed by atoms with Crippen molar-refractivity contribution in [3.05, 3.63) is 40.3 Å². The number of carbonyl (C=O) groups excluding carboxylic acids is 1. The topological polar surface area (TPSA) is 142 Å². The van der Waals surface area contributed by atoms with Gasteiger partial charge in [-0.05, 0) is 29.6 Å². The zero-order chi connectivity index (χ0) is 15.0. The maximum absolute atomic E-state index is 11.1. The van der Waals surface area contributed by atoms with Gasteiger partial charge in [-0.3, -0.25) is 4.79 Å². The number of carbonyl (C=O) groups is 1. The molecule has 0 aliphatic heterocycles. The van der Waals surface area contributed by atoms with Gasteiger partial charge in [0.05, 0.1) is 6.61 Å². The van der Waals surface area contributed by atoms with Crippen LogP contribution in [0.1, 0.15) is 5.56 Å². The molecule has 20 heavy (non-hydrogen) atoms. The van der Waals surface area contributed by atoms with Crippen molar-refractivity contribution in [2.24, 2.45) is 10.8 Å². The van der Waals surface area contributed by atoms with E-state index in [0.717, 1.165) is 5.56 Å². The molecule has 0 heterocycles. The van der Waals surface area contributed by atoms with Gasteiger partial charge in [-0.25, -0.2) is 0 Å². The second-order valence-corrected chi connectivity index (χ2v) is 4.12. The summed E-state index contributed by atoms with van der Waals surface area (Å²) in [7, 11) is 0.